The van der Waals surface area contributed by atoms with Crippen molar-refractivity contribution in [3.05, 3.63) is 0 Å². The van der Waals surface area contributed by atoms with Crippen molar-refractivity contribution >= 4 is 14.5 Å². The van der Waals surface area contributed by atoms with Crippen LogP contribution in [-0.2, 0) is 23.1 Å². The van der Waals surface area contributed by atoms with Crippen molar-refractivity contribution in [3.63, 3.8) is 0 Å². The van der Waals surface area contributed by atoms with E-state index >= 15 is 0 Å². The molecule has 5 nitrogen and oxygen atoms in total. The van der Waals surface area contributed by atoms with Crippen molar-refractivity contribution in [1.29, 1.82) is 0 Å². The van der Waals surface area contributed by atoms with E-state index in [4.69, 9.17) is 18.3 Å². The lowest BCUT2D eigenvalue weighted by atomic mass is 10.1. The van der Waals surface area contributed by atoms with Gasteiger partial charge in [0.1, 0.15) is 5.22 Å². The highest BCUT2D eigenvalue weighted by molar-refractivity contribution is 6.70. The van der Waals surface area contributed by atoms with Crippen molar-refractivity contribution in [3.8, 4) is 0 Å². The van der Waals surface area contributed by atoms with E-state index in [9.17, 15) is 4.79 Å². The summed E-state index contributed by atoms with van der Waals surface area (Å²) in [4.78, 5) is 11.4. The second-order valence-corrected chi connectivity index (χ2v) is 9.37. The molecule has 1 aliphatic rings. The van der Waals surface area contributed by atoms with Crippen molar-refractivity contribution in [1.82, 2.24) is 0 Å². The predicted molar refractivity (Wildman–Crippen MR) is 83.3 cm³/mol. The van der Waals surface area contributed by atoms with Gasteiger partial charge in [0.15, 0.2) is 0 Å². The Bertz CT molecular complexity index is 319. The average Bonchev–Trinajstić information content (AvgIpc) is 2.52. The van der Waals surface area contributed by atoms with E-state index in [0.717, 1.165) is 44.6 Å². The fourth-order valence-corrected chi connectivity index (χ4v) is 7.26. The number of rotatable bonds is 9. The molecule has 1 unspecified atom stereocenters. The quantitative estimate of drug-likeness (QED) is 0.372. The Hall–Kier alpha value is -0.433. The Kier molecular flexibility index (Phi) is 7.87. The molecule has 21 heavy (non-hydrogen) atoms. The smallest absolute Gasteiger partial charge is 0.370 e. The summed E-state index contributed by atoms with van der Waals surface area (Å²) in [5, 5.41) is -0.327. The highest BCUT2D eigenvalue weighted by Gasteiger charge is 2.58. The van der Waals surface area contributed by atoms with Crippen molar-refractivity contribution in [2.75, 3.05) is 27.9 Å². The van der Waals surface area contributed by atoms with Crippen LogP contribution >= 0.6 is 0 Å². The maximum Gasteiger partial charge on any atom is 0.370 e. The predicted octanol–water partition coefficient (Wildman–Crippen LogP) is 2.95. The van der Waals surface area contributed by atoms with E-state index in [2.05, 4.69) is 0 Å². The summed E-state index contributed by atoms with van der Waals surface area (Å²) < 4.78 is 22.8. The van der Waals surface area contributed by atoms with Gasteiger partial charge in [-0.1, -0.05) is 19.8 Å². The number of hydrogen-bond acceptors (Lipinski definition) is 5. The lowest BCUT2D eigenvalue weighted by Crippen LogP contribution is -2.64. The average molecular weight is 318 g/mol. The molecule has 0 amide bonds. The molecule has 0 spiro atoms. The molecule has 1 rings (SSSR count). The van der Waals surface area contributed by atoms with Crippen LogP contribution in [0.5, 0.6) is 0 Å². The van der Waals surface area contributed by atoms with Gasteiger partial charge < -0.3 is 18.3 Å². The molecule has 124 valence electrons. The molecule has 0 saturated carbocycles. The number of carbonyl (C=O) groups is 1. The van der Waals surface area contributed by atoms with Gasteiger partial charge in [-0.05, 0) is 31.7 Å². The summed E-state index contributed by atoms with van der Waals surface area (Å²) in [6.07, 6.45) is 6.13. The molecule has 0 aliphatic carbocycles. The van der Waals surface area contributed by atoms with Crippen molar-refractivity contribution in [2.24, 2.45) is 0 Å². The second-order valence-electron chi connectivity index (χ2n) is 5.64. The van der Waals surface area contributed by atoms with Gasteiger partial charge in [-0.2, -0.15) is 0 Å². The number of hydrogen-bond donors (Lipinski definition) is 0. The van der Waals surface area contributed by atoms with Gasteiger partial charge in [0.05, 0.1) is 6.61 Å². The van der Waals surface area contributed by atoms with E-state index in [1.54, 1.807) is 21.3 Å². The van der Waals surface area contributed by atoms with Crippen LogP contribution in [0.4, 0.5) is 0 Å². The third kappa shape index (κ3) is 4.28. The third-order valence-corrected chi connectivity index (χ3v) is 8.95. The Morgan fingerprint density at radius 3 is 2.48 bits per heavy atom. The van der Waals surface area contributed by atoms with Crippen LogP contribution in [0.15, 0.2) is 0 Å². The van der Waals surface area contributed by atoms with E-state index in [1.807, 2.05) is 6.92 Å². The summed E-state index contributed by atoms with van der Waals surface area (Å²) in [5.74, 6) is -0.116. The number of methoxy groups -OCH3 is 1. The lowest BCUT2D eigenvalue weighted by molar-refractivity contribution is -0.144. The molecule has 0 N–H and O–H groups in total. The molecule has 1 saturated heterocycles. The van der Waals surface area contributed by atoms with Crippen LogP contribution in [0.3, 0.4) is 0 Å². The number of esters is 1. The Morgan fingerprint density at radius 1 is 1.19 bits per heavy atom. The van der Waals surface area contributed by atoms with Gasteiger partial charge in [0.2, 0.25) is 0 Å². The van der Waals surface area contributed by atoms with Crippen LogP contribution in [0.1, 0.15) is 51.9 Å². The minimum atomic E-state index is -2.37. The molecule has 0 aromatic rings. The summed E-state index contributed by atoms with van der Waals surface area (Å²) in [7, 11) is 2.84. The third-order valence-electron chi connectivity index (χ3n) is 4.52. The molecule has 0 radical (unpaired) electrons. The highest BCUT2D eigenvalue weighted by Crippen LogP contribution is 2.42. The molecular formula is C15H30O5Si. The van der Waals surface area contributed by atoms with Gasteiger partial charge in [-0.3, -0.25) is 4.79 Å². The molecule has 0 aromatic heterocycles. The van der Waals surface area contributed by atoms with E-state index in [1.165, 1.54) is 0 Å². The number of carbonyl (C=O) groups excluding carboxylic acids is 1. The maximum atomic E-state index is 11.4. The first-order valence-corrected chi connectivity index (χ1v) is 9.93. The maximum absolute atomic E-state index is 11.4. The van der Waals surface area contributed by atoms with Crippen LogP contribution in [0, 0.1) is 0 Å². The molecule has 1 atom stereocenters. The highest BCUT2D eigenvalue weighted by atomic mass is 28.4. The minimum absolute atomic E-state index is 0.116. The molecule has 6 heteroatoms. The Labute approximate surface area is 129 Å². The zero-order valence-corrected chi connectivity index (χ0v) is 14.9. The normalized spacial score (nSPS) is 24.8. The zero-order chi connectivity index (χ0) is 15.8. The molecule has 0 aromatic carbocycles. The Balaban J connectivity index is 2.59. The monoisotopic (exact) mass is 318 g/mol. The summed E-state index contributed by atoms with van der Waals surface area (Å²) in [5.41, 5.74) is 0. The lowest BCUT2D eigenvalue weighted by Gasteiger charge is -2.48. The van der Waals surface area contributed by atoms with Gasteiger partial charge in [0, 0.05) is 27.8 Å². The van der Waals surface area contributed by atoms with E-state index in [-0.39, 0.29) is 11.2 Å². The molecule has 0 bridgehead atoms. The SMILES string of the molecule is CCCC(=O)OCCCC1(OC)CCCC[Si]1(OC)OC. The molecule has 1 fully saturated rings. The summed E-state index contributed by atoms with van der Waals surface area (Å²) in [6.45, 7) is 2.42. The van der Waals surface area contributed by atoms with E-state index < -0.39 is 8.56 Å². The summed E-state index contributed by atoms with van der Waals surface area (Å²) in [6, 6.07) is 0.962. The Morgan fingerprint density at radius 2 is 1.90 bits per heavy atom. The summed E-state index contributed by atoms with van der Waals surface area (Å²) >= 11 is 0. The first-order chi connectivity index (χ1) is 10.1. The van der Waals surface area contributed by atoms with Crippen LogP contribution in [0.25, 0.3) is 0 Å². The van der Waals surface area contributed by atoms with Gasteiger partial charge in [-0.25, -0.2) is 0 Å². The van der Waals surface area contributed by atoms with Crippen LogP contribution < -0.4 is 0 Å². The van der Waals surface area contributed by atoms with Gasteiger partial charge in [0.25, 0.3) is 0 Å². The second kappa shape index (κ2) is 8.88. The van der Waals surface area contributed by atoms with Crippen LogP contribution in [0.2, 0.25) is 6.04 Å². The topological polar surface area (TPSA) is 54.0 Å². The standard InChI is InChI=1S/C15H30O5Si/c1-5-9-14(16)20-12-8-11-15(17-2)10-6-7-13-21(15,18-3)19-4/h5-13H2,1-4H3. The fourth-order valence-electron chi connectivity index (χ4n) is 3.34. The van der Waals surface area contributed by atoms with Gasteiger partial charge >= 0.3 is 14.5 Å². The molecule has 1 heterocycles. The molecule has 1 aliphatic heterocycles. The first kappa shape index (κ1) is 18.6. The van der Waals surface area contributed by atoms with Gasteiger partial charge in [-0.15, -0.1) is 0 Å². The van der Waals surface area contributed by atoms with Crippen LogP contribution in [-0.4, -0.2) is 47.7 Å². The zero-order valence-electron chi connectivity index (χ0n) is 13.9. The number of ether oxygens (including phenoxy) is 2. The molecular weight excluding hydrogens is 288 g/mol. The minimum Gasteiger partial charge on any atom is -0.466 e. The largest absolute Gasteiger partial charge is 0.466 e. The fraction of sp³-hybridized carbons (Fsp3) is 0.933. The van der Waals surface area contributed by atoms with Crippen molar-refractivity contribution < 1.29 is 23.1 Å². The van der Waals surface area contributed by atoms with Crippen molar-refractivity contribution in [2.45, 2.75) is 63.1 Å². The first-order valence-electron chi connectivity index (χ1n) is 7.91. The van der Waals surface area contributed by atoms with E-state index in [0.29, 0.717) is 13.0 Å².